The van der Waals surface area contributed by atoms with E-state index in [-0.39, 0.29) is 23.6 Å². The molecule has 0 aliphatic carbocycles. The number of amides is 2. The monoisotopic (exact) mass is 447 g/mol. The normalized spacial score (nSPS) is 19.1. The number of carbonyl (C=O) groups is 2. The van der Waals surface area contributed by atoms with Crippen molar-refractivity contribution < 1.29 is 27.8 Å². The van der Waals surface area contributed by atoms with E-state index >= 15 is 0 Å². The SMILES string of the molecule is CC(F)(F)COc1ccc(O[C@@H]2CCN(c3ccc(N4CC(C(N)=O)C4)nc3)C2=O)cn1. The predicted octanol–water partition coefficient (Wildman–Crippen LogP) is 1.62. The summed E-state index contributed by atoms with van der Waals surface area (Å²) in [6.45, 7) is 1.54. The molecule has 9 nitrogen and oxygen atoms in total. The van der Waals surface area contributed by atoms with Gasteiger partial charge in [0.05, 0.1) is 24.0 Å². The molecule has 0 radical (unpaired) electrons. The number of aromatic nitrogens is 2. The van der Waals surface area contributed by atoms with E-state index in [9.17, 15) is 18.4 Å². The van der Waals surface area contributed by atoms with Crippen LogP contribution in [0.4, 0.5) is 20.3 Å². The molecule has 2 aromatic rings. The highest BCUT2D eigenvalue weighted by Gasteiger charge is 2.35. The molecule has 4 rings (SSSR count). The van der Waals surface area contributed by atoms with Gasteiger partial charge in [-0.1, -0.05) is 0 Å². The molecular weight excluding hydrogens is 424 g/mol. The Kier molecular flexibility index (Phi) is 5.81. The zero-order valence-corrected chi connectivity index (χ0v) is 17.4. The largest absolute Gasteiger partial charge is 0.479 e. The first kappa shape index (κ1) is 21.7. The Balaban J connectivity index is 1.31. The van der Waals surface area contributed by atoms with E-state index < -0.39 is 18.6 Å². The van der Waals surface area contributed by atoms with Crippen molar-refractivity contribution in [2.24, 2.45) is 11.7 Å². The number of anilines is 2. The summed E-state index contributed by atoms with van der Waals surface area (Å²) < 4.78 is 36.4. The van der Waals surface area contributed by atoms with Crippen molar-refractivity contribution in [3.05, 3.63) is 36.7 Å². The summed E-state index contributed by atoms with van der Waals surface area (Å²) in [5, 5.41) is 0. The van der Waals surface area contributed by atoms with E-state index in [0.717, 1.165) is 12.7 Å². The van der Waals surface area contributed by atoms with Crippen LogP contribution in [-0.4, -0.2) is 60.0 Å². The van der Waals surface area contributed by atoms with Gasteiger partial charge in [-0.15, -0.1) is 0 Å². The van der Waals surface area contributed by atoms with Crippen LogP contribution in [0.3, 0.4) is 0 Å². The van der Waals surface area contributed by atoms with Gasteiger partial charge >= 0.3 is 0 Å². The molecule has 0 spiro atoms. The molecule has 2 fully saturated rings. The van der Waals surface area contributed by atoms with E-state index in [2.05, 4.69) is 9.97 Å². The number of nitrogens with two attached hydrogens (primary N) is 1. The third-order valence-corrected chi connectivity index (χ3v) is 5.27. The van der Waals surface area contributed by atoms with Gasteiger partial charge < -0.3 is 25.0 Å². The Morgan fingerprint density at radius 2 is 2.00 bits per heavy atom. The highest BCUT2D eigenvalue weighted by Crippen LogP contribution is 2.28. The van der Waals surface area contributed by atoms with E-state index in [1.54, 1.807) is 23.2 Å². The molecule has 170 valence electrons. The molecule has 2 aromatic heterocycles. The molecule has 2 aliphatic rings. The maximum Gasteiger partial charge on any atom is 0.278 e. The van der Waals surface area contributed by atoms with E-state index in [1.165, 1.54) is 18.3 Å². The highest BCUT2D eigenvalue weighted by atomic mass is 19.3. The summed E-state index contributed by atoms with van der Waals surface area (Å²) in [6, 6.07) is 6.54. The molecule has 0 bridgehead atoms. The van der Waals surface area contributed by atoms with Gasteiger partial charge in [-0.05, 0) is 18.2 Å². The minimum absolute atomic E-state index is 0.0498. The molecule has 0 saturated carbocycles. The number of hydrogen-bond donors (Lipinski definition) is 1. The lowest BCUT2D eigenvalue weighted by atomic mass is 10.00. The number of pyridine rings is 2. The molecule has 11 heteroatoms. The molecule has 32 heavy (non-hydrogen) atoms. The van der Waals surface area contributed by atoms with Crippen LogP contribution in [-0.2, 0) is 9.59 Å². The first-order valence-corrected chi connectivity index (χ1v) is 10.1. The second kappa shape index (κ2) is 8.56. The number of halogens is 2. The predicted molar refractivity (Wildman–Crippen MR) is 111 cm³/mol. The molecule has 2 saturated heterocycles. The summed E-state index contributed by atoms with van der Waals surface area (Å²) in [5.41, 5.74) is 5.94. The Morgan fingerprint density at radius 1 is 1.22 bits per heavy atom. The van der Waals surface area contributed by atoms with Crippen molar-refractivity contribution >= 4 is 23.3 Å². The number of ether oxygens (including phenoxy) is 2. The molecule has 4 heterocycles. The first-order chi connectivity index (χ1) is 15.2. The van der Waals surface area contributed by atoms with Gasteiger partial charge in [-0.3, -0.25) is 9.59 Å². The van der Waals surface area contributed by atoms with Crippen molar-refractivity contribution in [1.29, 1.82) is 0 Å². The van der Waals surface area contributed by atoms with Crippen molar-refractivity contribution in [1.82, 2.24) is 9.97 Å². The summed E-state index contributed by atoms with van der Waals surface area (Å²) >= 11 is 0. The Morgan fingerprint density at radius 3 is 2.59 bits per heavy atom. The van der Waals surface area contributed by atoms with E-state index in [1.807, 2.05) is 4.90 Å². The van der Waals surface area contributed by atoms with Gasteiger partial charge in [-0.2, -0.15) is 0 Å². The van der Waals surface area contributed by atoms with Crippen LogP contribution < -0.4 is 25.0 Å². The molecule has 2 amide bonds. The van der Waals surface area contributed by atoms with Crippen LogP contribution in [0, 0.1) is 5.92 Å². The van der Waals surface area contributed by atoms with Crippen molar-refractivity contribution in [2.45, 2.75) is 25.4 Å². The third kappa shape index (κ3) is 4.87. The molecule has 2 aliphatic heterocycles. The van der Waals surface area contributed by atoms with Gasteiger partial charge in [0.1, 0.15) is 11.6 Å². The van der Waals surface area contributed by atoms with Gasteiger partial charge in [0.25, 0.3) is 11.8 Å². The fraction of sp³-hybridized carbons (Fsp3) is 0.429. The van der Waals surface area contributed by atoms with E-state index in [0.29, 0.717) is 37.5 Å². The smallest absolute Gasteiger partial charge is 0.278 e. The maximum atomic E-state index is 12.9. The van der Waals surface area contributed by atoms with Crippen molar-refractivity contribution in [2.75, 3.05) is 36.0 Å². The van der Waals surface area contributed by atoms with Gasteiger partial charge in [0.2, 0.25) is 11.8 Å². The van der Waals surface area contributed by atoms with Crippen molar-refractivity contribution in [3.8, 4) is 11.6 Å². The van der Waals surface area contributed by atoms with Crippen LogP contribution in [0.25, 0.3) is 0 Å². The summed E-state index contributed by atoms with van der Waals surface area (Å²) in [7, 11) is 0. The zero-order valence-electron chi connectivity index (χ0n) is 17.4. The number of alkyl halides is 2. The van der Waals surface area contributed by atoms with Crippen LogP contribution >= 0.6 is 0 Å². The van der Waals surface area contributed by atoms with Gasteiger partial charge in [0, 0.05) is 39.0 Å². The van der Waals surface area contributed by atoms with Crippen LogP contribution in [0.5, 0.6) is 11.6 Å². The van der Waals surface area contributed by atoms with Crippen molar-refractivity contribution in [3.63, 3.8) is 0 Å². The topological polar surface area (TPSA) is 111 Å². The Bertz CT molecular complexity index is 975. The standard InChI is InChI=1S/C21H23F2N5O4/c1-21(22,23)12-31-18-5-3-15(9-26-18)32-16-6-7-28(20(16)30)14-2-4-17(25-8-14)27-10-13(11-27)19(24)29/h2-5,8-9,13,16H,6-7,10-12H2,1H3,(H2,24,29)/t16-/m1/s1. The zero-order chi connectivity index (χ0) is 22.9. The molecular formula is C21H23F2N5O4. The lowest BCUT2D eigenvalue weighted by Gasteiger charge is -2.38. The van der Waals surface area contributed by atoms with E-state index in [4.69, 9.17) is 15.2 Å². The molecule has 0 unspecified atom stereocenters. The number of primary amides is 1. The maximum absolute atomic E-state index is 12.9. The first-order valence-electron chi connectivity index (χ1n) is 10.1. The lowest BCUT2D eigenvalue weighted by Crippen LogP contribution is -2.52. The summed E-state index contributed by atoms with van der Waals surface area (Å²) in [6.07, 6.45) is 2.74. The number of rotatable bonds is 8. The molecule has 1 atom stereocenters. The van der Waals surface area contributed by atoms with Crippen LogP contribution in [0.15, 0.2) is 36.7 Å². The second-order valence-electron chi connectivity index (χ2n) is 7.95. The minimum atomic E-state index is -2.95. The highest BCUT2D eigenvalue weighted by molar-refractivity contribution is 5.99. The number of carbonyl (C=O) groups excluding carboxylic acids is 2. The fourth-order valence-corrected chi connectivity index (χ4v) is 3.48. The Hall–Kier alpha value is -3.50. The molecule has 2 N–H and O–H groups in total. The summed E-state index contributed by atoms with van der Waals surface area (Å²) in [5.74, 6) is -2.51. The number of hydrogen-bond acceptors (Lipinski definition) is 7. The molecule has 0 aromatic carbocycles. The average molecular weight is 447 g/mol. The fourth-order valence-electron chi connectivity index (χ4n) is 3.48. The Labute approximate surface area is 183 Å². The minimum Gasteiger partial charge on any atom is -0.479 e. The second-order valence-corrected chi connectivity index (χ2v) is 7.95. The van der Waals surface area contributed by atoms with Gasteiger partial charge in [0.15, 0.2) is 12.7 Å². The van der Waals surface area contributed by atoms with Crippen LogP contribution in [0.1, 0.15) is 13.3 Å². The third-order valence-electron chi connectivity index (χ3n) is 5.27. The quantitative estimate of drug-likeness (QED) is 0.655. The summed E-state index contributed by atoms with van der Waals surface area (Å²) in [4.78, 5) is 35.8. The van der Waals surface area contributed by atoms with Gasteiger partial charge in [-0.25, -0.2) is 18.7 Å². The average Bonchev–Trinajstić information content (AvgIpc) is 3.06. The number of nitrogens with zero attached hydrogens (tertiary/aromatic N) is 4. The lowest BCUT2D eigenvalue weighted by molar-refractivity contribution is -0.123. The van der Waals surface area contributed by atoms with Crippen LogP contribution in [0.2, 0.25) is 0 Å².